The first-order chi connectivity index (χ1) is 10.1. The zero-order valence-corrected chi connectivity index (χ0v) is 12.7. The van der Waals surface area contributed by atoms with Gasteiger partial charge in [-0.1, -0.05) is 17.7 Å². The molecule has 1 aliphatic heterocycles. The van der Waals surface area contributed by atoms with Crippen LogP contribution in [0.25, 0.3) is 0 Å². The van der Waals surface area contributed by atoms with Crippen molar-refractivity contribution in [3.05, 3.63) is 29.3 Å². The molecule has 2 rings (SSSR count). The van der Waals surface area contributed by atoms with Crippen LogP contribution in [-0.2, 0) is 0 Å². The molecule has 1 aromatic rings. The zero-order chi connectivity index (χ0) is 15.2. The molecule has 0 spiro atoms. The highest BCUT2D eigenvalue weighted by molar-refractivity contribution is 6.30. The van der Waals surface area contributed by atoms with Gasteiger partial charge in [-0.05, 0) is 25.1 Å². The van der Waals surface area contributed by atoms with Crippen molar-refractivity contribution >= 4 is 29.4 Å². The summed E-state index contributed by atoms with van der Waals surface area (Å²) < 4.78 is 0. The number of hydrogen-bond donors (Lipinski definition) is 2. The summed E-state index contributed by atoms with van der Waals surface area (Å²) in [6.45, 7) is 4.59. The lowest BCUT2D eigenvalue weighted by Crippen LogP contribution is -2.53. The quantitative estimate of drug-likeness (QED) is 0.879. The van der Waals surface area contributed by atoms with E-state index in [1.165, 1.54) is 0 Å². The first-order valence-corrected chi connectivity index (χ1v) is 7.32. The standard InChI is InChI=1S/C14H19ClN4O2/c1-2-16-13(20)18-6-8-19(9-7-18)14(21)17-12-5-3-4-11(15)10-12/h3-5,10H,2,6-9H2,1H3,(H,16,20)(H,17,21). The predicted molar refractivity (Wildman–Crippen MR) is 82.7 cm³/mol. The SMILES string of the molecule is CCNC(=O)N1CCN(C(=O)Nc2cccc(Cl)c2)CC1. The van der Waals surface area contributed by atoms with Gasteiger partial charge in [0.05, 0.1) is 0 Å². The number of halogens is 1. The summed E-state index contributed by atoms with van der Waals surface area (Å²) in [5.74, 6) is 0. The summed E-state index contributed by atoms with van der Waals surface area (Å²) in [6.07, 6.45) is 0. The minimum Gasteiger partial charge on any atom is -0.338 e. The third-order valence-electron chi connectivity index (χ3n) is 3.26. The maximum Gasteiger partial charge on any atom is 0.321 e. The average molecular weight is 311 g/mol. The van der Waals surface area contributed by atoms with E-state index in [1.807, 2.05) is 6.92 Å². The number of anilines is 1. The largest absolute Gasteiger partial charge is 0.338 e. The molecule has 0 atom stereocenters. The minimum atomic E-state index is -0.173. The maximum absolute atomic E-state index is 12.1. The lowest BCUT2D eigenvalue weighted by molar-refractivity contribution is 0.149. The van der Waals surface area contributed by atoms with Gasteiger partial charge in [0, 0.05) is 43.4 Å². The molecule has 0 radical (unpaired) electrons. The van der Waals surface area contributed by atoms with E-state index in [-0.39, 0.29) is 12.1 Å². The predicted octanol–water partition coefficient (Wildman–Crippen LogP) is 2.22. The van der Waals surface area contributed by atoms with E-state index in [2.05, 4.69) is 10.6 Å². The zero-order valence-electron chi connectivity index (χ0n) is 11.9. The Kier molecular flexibility index (Phi) is 5.27. The van der Waals surface area contributed by atoms with Crippen molar-refractivity contribution in [2.45, 2.75) is 6.92 Å². The van der Waals surface area contributed by atoms with Crippen LogP contribution in [-0.4, -0.2) is 54.6 Å². The molecule has 0 aliphatic carbocycles. The van der Waals surface area contributed by atoms with Crippen molar-refractivity contribution in [3.63, 3.8) is 0 Å². The Bertz CT molecular complexity index is 515. The second-order valence-corrected chi connectivity index (χ2v) is 5.19. The molecule has 1 aromatic carbocycles. The molecule has 1 fully saturated rings. The number of benzene rings is 1. The molecular weight excluding hydrogens is 292 g/mol. The number of urea groups is 2. The number of amides is 4. The molecule has 21 heavy (non-hydrogen) atoms. The average Bonchev–Trinajstić information content (AvgIpc) is 2.47. The molecule has 6 nitrogen and oxygen atoms in total. The topological polar surface area (TPSA) is 64.7 Å². The van der Waals surface area contributed by atoms with Crippen LogP contribution in [0.2, 0.25) is 5.02 Å². The minimum absolute atomic E-state index is 0.0765. The fourth-order valence-corrected chi connectivity index (χ4v) is 2.33. The molecule has 1 saturated heterocycles. The Morgan fingerprint density at radius 3 is 2.33 bits per heavy atom. The molecule has 0 unspecified atom stereocenters. The Balaban J connectivity index is 1.84. The van der Waals surface area contributed by atoms with Crippen LogP contribution in [0.4, 0.5) is 15.3 Å². The van der Waals surface area contributed by atoms with Crippen molar-refractivity contribution in [1.82, 2.24) is 15.1 Å². The van der Waals surface area contributed by atoms with E-state index in [0.29, 0.717) is 43.4 Å². The van der Waals surface area contributed by atoms with Gasteiger partial charge in [0.25, 0.3) is 0 Å². The molecular formula is C14H19ClN4O2. The molecule has 114 valence electrons. The Morgan fingerprint density at radius 1 is 1.14 bits per heavy atom. The molecule has 4 amide bonds. The summed E-state index contributed by atoms with van der Waals surface area (Å²) in [4.78, 5) is 27.2. The number of carbonyl (C=O) groups is 2. The Labute approximate surface area is 129 Å². The molecule has 0 saturated carbocycles. The molecule has 0 aromatic heterocycles. The van der Waals surface area contributed by atoms with Gasteiger partial charge in [0.15, 0.2) is 0 Å². The summed E-state index contributed by atoms with van der Waals surface area (Å²) in [5, 5.41) is 6.14. The van der Waals surface area contributed by atoms with Gasteiger partial charge >= 0.3 is 12.1 Å². The van der Waals surface area contributed by atoms with Gasteiger partial charge in [0.2, 0.25) is 0 Å². The summed E-state index contributed by atoms with van der Waals surface area (Å²) in [5.41, 5.74) is 0.665. The van der Waals surface area contributed by atoms with E-state index in [0.717, 1.165) is 0 Å². The third-order valence-corrected chi connectivity index (χ3v) is 3.49. The van der Waals surface area contributed by atoms with Crippen LogP contribution in [0.3, 0.4) is 0 Å². The number of piperazine rings is 1. The van der Waals surface area contributed by atoms with Gasteiger partial charge in [-0.2, -0.15) is 0 Å². The molecule has 2 N–H and O–H groups in total. The first-order valence-electron chi connectivity index (χ1n) is 6.94. The summed E-state index contributed by atoms with van der Waals surface area (Å²) in [6, 6.07) is 6.77. The third kappa shape index (κ3) is 4.26. The van der Waals surface area contributed by atoms with Gasteiger partial charge in [-0.15, -0.1) is 0 Å². The van der Waals surface area contributed by atoms with E-state index in [4.69, 9.17) is 11.6 Å². The normalized spacial score (nSPS) is 14.8. The fourth-order valence-electron chi connectivity index (χ4n) is 2.14. The van der Waals surface area contributed by atoms with E-state index >= 15 is 0 Å². The second-order valence-electron chi connectivity index (χ2n) is 4.75. The van der Waals surface area contributed by atoms with Crippen molar-refractivity contribution < 1.29 is 9.59 Å². The van der Waals surface area contributed by atoms with Gasteiger partial charge in [-0.3, -0.25) is 0 Å². The van der Waals surface area contributed by atoms with E-state index in [9.17, 15) is 9.59 Å². The Hall–Kier alpha value is -1.95. The molecule has 1 aliphatic rings. The molecule has 0 bridgehead atoms. The number of nitrogens with zero attached hydrogens (tertiary/aromatic N) is 2. The first kappa shape index (κ1) is 15.4. The van der Waals surface area contributed by atoms with Crippen LogP contribution in [0.1, 0.15) is 6.92 Å². The van der Waals surface area contributed by atoms with Gasteiger partial charge in [-0.25, -0.2) is 9.59 Å². The Morgan fingerprint density at radius 2 is 1.76 bits per heavy atom. The number of carbonyl (C=O) groups excluding carboxylic acids is 2. The van der Waals surface area contributed by atoms with Crippen LogP contribution in [0.15, 0.2) is 24.3 Å². The van der Waals surface area contributed by atoms with E-state index < -0.39 is 0 Å². The van der Waals surface area contributed by atoms with Crippen LogP contribution < -0.4 is 10.6 Å². The smallest absolute Gasteiger partial charge is 0.321 e. The lowest BCUT2D eigenvalue weighted by atomic mass is 10.3. The second kappa shape index (κ2) is 7.17. The monoisotopic (exact) mass is 310 g/mol. The van der Waals surface area contributed by atoms with Crippen molar-refractivity contribution in [3.8, 4) is 0 Å². The summed E-state index contributed by atoms with van der Waals surface area (Å²) in [7, 11) is 0. The number of nitrogens with one attached hydrogen (secondary N) is 2. The van der Waals surface area contributed by atoms with Crippen molar-refractivity contribution in [2.24, 2.45) is 0 Å². The highest BCUT2D eigenvalue weighted by Crippen LogP contribution is 2.15. The number of hydrogen-bond acceptors (Lipinski definition) is 2. The van der Waals surface area contributed by atoms with Crippen molar-refractivity contribution in [1.29, 1.82) is 0 Å². The van der Waals surface area contributed by atoms with Crippen LogP contribution in [0, 0.1) is 0 Å². The fraction of sp³-hybridized carbons (Fsp3) is 0.429. The molecule has 7 heteroatoms. The number of rotatable bonds is 2. The maximum atomic E-state index is 12.1. The van der Waals surface area contributed by atoms with E-state index in [1.54, 1.807) is 34.1 Å². The van der Waals surface area contributed by atoms with Crippen LogP contribution in [0.5, 0.6) is 0 Å². The van der Waals surface area contributed by atoms with Crippen molar-refractivity contribution in [2.75, 3.05) is 38.0 Å². The van der Waals surface area contributed by atoms with Gasteiger partial charge in [0.1, 0.15) is 0 Å². The highest BCUT2D eigenvalue weighted by atomic mass is 35.5. The molecule has 1 heterocycles. The van der Waals surface area contributed by atoms with Crippen LogP contribution >= 0.6 is 11.6 Å². The lowest BCUT2D eigenvalue weighted by Gasteiger charge is -2.34. The van der Waals surface area contributed by atoms with Gasteiger partial charge < -0.3 is 20.4 Å². The summed E-state index contributed by atoms with van der Waals surface area (Å²) >= 11 is 5.88. The highest BCUT2D eigenvalue weighted by Gasteiger charge is 2.23.